The number of aliphatic imine (C=N–C) groups is 1. The van der Waals surface area contributed by atoms with Crippen LogP contribution in [0.5, 0.6) is 0 Å². The van der Waals surface area contributed by atoms with Gasteiger partial charge in [-0.1, -0.05) is 68.3 Å². The number of likely N-dealkylation sites (N-methyl/N-ethyl adjacent to an activating group) is 1. The summed E-state index contributed by atoms with van der Waals surface area (Å²) in [5, 5.41) is 10.2. The zero-order valence-corrected chi connectivity index (χ0v) is 17.7. The Morgan fingerprint density at radius 2 is 1.96 bits per heavy atom. The molecular formula is C20H17Br2FN2O2. The summed E-state index contributed by atoms with van der Waals surface area (Å²) in [6.45, 7) is 2.48. The Hall–Kier alpha value is -1.99. The summed E-state index contributed by atoms with van der Waals surface area (Å²) in [7, 11) is 0. The summed E-state index contributed by atoms with van der Waals surface area (Å²) in [5.74, 6) is -0.734. The van der Waals surface area contributed by atoms with E-state index in [2.05, 4.69) is 36.9 Å². The molecule has 1 N–H and O–H groups in total. The highest BCUT2D eigenvalue weighted by Crippen LogP contribution is 2.40. The molecule has 0 saturated carbocycles. The maximum atomic E-state index is 13.6. The van der Waals surface area contributed by atoms with Crippen LogP contribution in [0.15, 0.2) is 69.3 Å². The van der Waals surface area contributed by atoms with Gasteiger partial charge in [-0.15, -0.1) is 0 Å². The van der Waals surface area contributed by atoms with Gasteiger partial charge in [-0.05, 0) is 24.6 Å². The molecule has 27 heavy (non-hydrogen) atoms. The van der Waals surface area contributed by atoms with Crippen LogP contribution in [0.2, 0.25) is 0 Å². The first-order valence-corrected chi connectivity index (χ1v) is 10.3. The highest BCUT2D eigenvalue weighted by atomic mass is 79.9. The number of amidine groups is 1. The smallest absolute Gasteiger partial charge is 0.335 e. The third-order valence-corrected chi connectivity index (χ3v) is 5.61. The molecule has 1 atom stereocenters. The van der Waals surface area contributed by atoms with Gasteiger partial charge in [0, 0.05) is 21.9 Å². The first-order chi connectivity index (χ1) is 13.0. The number of carbonyl (C=O) groups is 1. The van der Waals surface area contributed by atoms with E-state index < -0.39 is 12.0 Å². The quantitative estimate of drug-likeness (QED) is 0.584. The molecule has 3 rings (SSSR count). The van der Waals surface area contributed by atoms with E-state index in [1.165, 1.54) is 12.1 Å². The van der Waals surface area contributed by atoms with Crippen molar-refractivity contribution in [1.82, 2.24) is 4.90 Å². The van der Waals surface area contributed by atoms with Crippen LogP contribution in [-0.2, 0) is 4.79 Å². The average Bonchev–Trinajstić information content (AvgIpc) is 2.67. The highest BCUT2D eigenvalue weighted by molar-refractivity contribution is 9.10. The first-order valence-electron chi connectivity index (χ1n) is 8.35. The molecule has 1 unspecified atom stereocenters. The van der Waals surface area contributed by atoms with Crippen LogP contribution < -0.4 is 0 Å². The van der Waals surface area contributed by atoms with E-state index in [9.17, 15) is 14.3 Å². The van der Waals surface area contributed by atoms with Gasteiger partial charge in [-0.2, -0.15) is 0 Å². The molecule has 0 aromatic heterocycles. The number of nitrogens with zero attached hydrogens (tertiary/aromatic N) is 2. The summed E-state index contributed by atoms with van der Waals surface area (Å²) >= 11 is 6.77. The van der Waals surface area contributed by atoms with E-state index in [1.807, 2.05) is 42.2 Å². The van der Waals surface area contributed by atoms with E-state index in [-0.39, 0.29) is 11.4 Å². The summed E-state index contributed by atoms with van der Waals surface area (Å²) in [4.78, 5) is 18.7. The third kappa shape index (κ3) is 3.84. The van der Waals surface area contributed by atoms with Crippen molar-refractivity contribution in [2.24, 2.45) is 4.99 Å². The van der Waals surface area contributed by atoms with Gasteiger partial charge in [0.2, 0.25) is 0 Å². The molecule has 0 radical (unpaired) electrons. The monoisotopic (exact) mass is 494 g/mol. The van der Waals surface area contributed by atoms with Crippen LogP contribution in [0.3, 0.4) is 0 Å². The fourth-order valence-corrected chi connectivity index (χ4v) is 4.22. The molecule has 2 aromatic carbocycles. The van der Waals surface area contributed by atoms with Crippen molar-refractivity contribution in [3.8, 4) is 0 Å². The fourth-order valence-electron chi connectivity index (χ4n) is 3.23. The van der Waals surface area contributed by atoms with Crippen molar-refractivity contribution in [2.45, 2.75) is 13.0 Å². The van der Waals surface area contributed by atoms with Crippen LogP contribution in [0.25, 0.3) is 0 Å². The first kappa shape index (κ1) is 19.8. The van der Waals surface area contributed by atoms with Gasteiger partial charge in [0.15, 0.2) is 0 Å². The molecule has 1 aliphatic rings. The minimum atomic E-state index is -1.04. The lowest BCUT2D eigenvalue weighted by atomic mass is 9.92. The number of hydrogen-bond acceptors (Lipinski definition) is 3. The molecule has 0 bridgehead atoms. The molecule has 140 valence electrons. The zero-order chi connectivity index (χ0) is 19.6. The Morgan fingerprint density at radius 1 is 1.26 bits per heavy atom. The van der Waals surface area contributed by atoms with Gasteiger partial charge in [0.25, 0.3) is 0 Å². The molecule has 2 aromatic rings. The minimum absolute atomic E-state index is 0.181. The van der Waals surface area contributed by atoms with Crippen molar-refractivity contribution in [3.63, 3.8) is 0 Å². The van der Waals surface area contributed by atoms with E-state index in [0.717, 1.165) is 5.56 Å². The summed E-state index contributed by atoms with van der Waals surface area (Å²) in [6, 6.07) is 13.3. The second-order valence-corrected chi connectivity index (χ2v) is 7.37. The van der Waals surface area contributed by atoms with Gasteiger partial charge in [0.05, 0.1) is 17.3 Å². The Balaban J connectivity index is 2.27. The predicted molar refractivity (Wildman–Crippen MR) is 111 cm³/mol. The van der Waals surface area contributed by atoms with Gasteiger partial charge in [0.1, 0.15) is 11.7 Å². The van der Waals surface area contributed by atoms with Gasteiger partial charge in [-0.3, -0.25) is 0 Å². The number of rotatable bonds is 5. The van der Waals surface area contributed by atoms with E-state index in [1.54, 1.807) is 6.07 Å². The van der Waals surface area contributed by atoms with Crippen LogP contribution in [0, 0.1) is 5.82 Å². The standard InChI is InChI=1S/C20H17Br2FN2O2/c1-2-25-18(14-9-8-13(23)10-15(14)22)17(20(26)27)16(11-21)24-19(25)12-6-4-3-5-7-12/h3-10,18H,2,11H2,1H3,(H,26,27). The largest absolute Gasteiger partial charge is 0.478 e. The summed E-state index contributed by atoms with van der Waals surface area (Å²) in [6.07, 6.45) is 0. The summed E-state index contributed by atoms with van der Waals surface area (Å²) < 4.78 is 14.2. The van der Waals surface area contributed by atoms with E-state index in [0.29, 0.717) is 33.4 Å². The van der Waals surface area contributed by atoms with Crippen molar-refractivity contribution >= 4 is 43.7 Å². The van der Waals surface area contributed by atoms with Crippen molar-refractivity contribution in [1.29, 1.82) is 0 Å². The van der Waals surface area contributed by atoms with Crippen molar-refractivity contribution in [3.05, 3.63) is 81.2 Å². The number of aliphatic carboxylic acids is 1. The topological polar surface area (TPSA) is 52.9 Å². The number of benzene rings is 2. The molecule has 0 fully saturated rings. The average molecular weight is 496 g/mol. The number of allylic oxidation sites excluding steroid dienone is 1. The molecule has 0 spiro atoms. The Morgan fingerprint density at radius 3 is 2.52 bits per heavy atom. The Bertz CT molecular complexity index is 929. The maximum Gasteiger partial charge on any atom is 0.335 e. The van der Waals surface area contributed by atoms with Crippen LogP contribution in [0.1, 0.15) is 24.1 Å². The fraction of sp³-hybridized carbons (Fsp3) is 0.200. The molecule has 0 amide bonds. The number of carboxylic acid groups (broad SMARTS) is 1. The van der Waals surface area contributed by atoms with Crippen LogP contribution >= 0.6 is 31.9 Å². The Labute approximate surface area is 173 Å². The lowest BCUT2D eigenvalue weighted by molar-refractivity contribution is -0.133. The molecule has 7 heteroatoms. The molecule has 0 saturated heterocycles. The third-order valence-electron chi connectivity index (χ3n) is 4.40. The lowest BCUT2D eigenvalue weighted by Gasteiger charge is -2.38. The van der Waals surface area contributed by atoms with Gasteiger partial charge in [-0.25, -0.2) is 14.2 Å². The number of alkyl halides is 1. The minimum Gasteiger partial charge on any atom is -0.478 e. The van der Waals surface area contributed by atoms with Crippen molar-refractivity contribution in [2.75, 3.05) is 11.9 Å². The molecule has 4 nitrogen and oxygen atoms in total. The molecule has 1 aliphatic heterocycles. The normalized spacial score (nSPS) is 17.1. The highest BCUT2D eigenvalue weighted by Gasteiger charge is 2.37. The summed E-state index contributed by atoms with van der Waals surface area (Å²) in [5.41, 5.74) is 2.20. The van der Waals surface area contributed by atoms with Crippen LogP contribution in [-0.4, -0.2) is 33.7 Å². The maximum absolute atomic E-state index is 13.6. The van der Waals surface area contributed by atoms with E-state index in [4.69, 9.17) is 0 Å². The SMILES string of the molecule is CCN1C(c2ccccc2)=NC(CBr)=C(C(=O)O)C1c1ccc(F)cc1Br. The van der Waals surface area contributed by atoms with Gasteiger partial charge >= 0.3 is 5.97 Å². The number of carboxylic acids is 1. The zero-order valence-electron chi connectivity index (χ0n) is 14.5. The second kappa shape index (κ2) is 8.35. The van der Waals surface area contributed by atoms with Crippen molar-refractivity contribution < 1.29 is 14.3 Å². The predicted octanol–water partition coefficient (Wildman–Crippen LogP) is 5.15. The molecule has 1 heterocycles. The molecule has 0 aliphatic carbocycles. The van der Waals surface area contributed by atoms with Crippen LogP contribution in [0.4, 0.5) is 4.39 Å². The van der Waals surface area contributed by atoms with Gasteiger partial charge < -0.3 is 10.0 Å². The number of hydrogen-bond donors (Lipinski definition) is 1. The Kier molecular flexibility index (Phi) is 6.11. The lowest BCUT2D eigenvalue weighted by Crippen LogP contribution is -2.41. The number of halogens is 3. The molecular weight excluding hydrogens is 479 g/mol. The van der Waals surface area contributed by atoms with E-state index >= 15 is 0 Å². The second-order valence-electron chi connectivity index (χ2n) is 5.95.